The van der Waals surface area contributed by atoms with Gasteiger partial charge in [0, 0.05) is 5.69 Å². The minimum atomic E-state index is -3.49. The van der Waals surface area contributed by atoms with E-state index in [4.69, 9.17) is 4.74 Å². The van der Waals surface area contributed by atoms with E-state index in [0.717, 1.165) is 6.42 Å². The van der Waals surface area contributed by atoms with Gasteiger partial charge in [0.2, 0.25) is 5.91 Å². The summed E-state index contributed by atoms with van der Waals surface area (Å²) in [5, 5.41) is 2.46. The first kappa shape index (κ1) is 17.9. The fourth-order valence-electron chi connectivity index (χ4n) is 1.60. The summed E-state index contributed by atoms with van der Waals surface area (Å²) in [6.07, 6.45) is 1.97. The van der Waals surface area contributed by atoms with Gasteiger partial charge in [-0.15, -0.1) is 6.58 Å². The number of hydrogen-bond donors (Lipinski definition) is 1. The lowest BCUT2D eigenvalue weighted by Crippen LogP contribution is -2.24. The number of anilines is 1. The summed E-state index contributed by atoms with van der Waals surface area (Å²) in [5.41, 5.74) is 0.775. The van der Waals surface area contributed by atoms with Crippen molar-refractivity contribution in [2.24, 2.45) is 0 Å². The quantitative estimate of drug-likeness (QED) is 0.581. The topological polar surface area (TPSA) is 89.5 Å². The van der Waals surface area contributed by atoms with Crippen LogP contribution in [0.3, 0.4) is 0 Å². The normalized spacial score (nSPS) is 10.8. The first-order valence-corrected chi connectivity index (χ1v) is 8.58. The van der Waals surface area contributed by atoms with Crippen LogP contribution in [-0.2, 0) is 19.4 Å². The number of ether oxygens (including phenoxy) is 1. The molecule has 0 aliphatic rings. The molecule has 0 bridgehead atoms. The summed E-state index contributed by atoms with van der Waals surface area (Å²) in [6.45, 7) is 5.57. The van der Waals surface area contributed by atoms with E-state index in [0.29, 0.717) is 17.9 Å². The maximum Gasteiger partial charge on any atom is 0.338 e. The van der Waals surface area contributed by atoms with E-state index in [1.165, 1.54) is 30.3 Å². The second-order valence-electron chi connectivity index (χ2n) is 4.60. The molecule has 0 aliphatic heterocycles. The molecule has 0 spiro atoms. The second kappa shape index (κ2) is 8.33. The molecule has 0 saturated carbocycles. The van der Waals surface area contributed by atoms with Gasteiger partial charge in [-0.25, -0.2) is 13.2 Å². The first-order valence-electron chi connectivity index (χ1n) is 6.76. The number of benzene rings is 1. The largest absolute Gasteiger partial charge is 0.462 e. The van der Waals surface area contributed by atoms with E-state index in [2.05, 4.69) is 11.9 Å². The van der Waals surface area contributed by atoms with Crippen LogP contribution in [0.1, 0.15) is 23.7 Å². The zero-order chi connectivity index (χ0) is 16.6. The smallest absolute Gasteiger partial charge is 0.338 e. The van der Waals surface area contributed by atoms with E-state index >= 15 is 0 Å². The van der Waals surface area contributed by atoms with Crippen LogP contribution in [0.4, 0.5) is 5.69 Å². The molecule has 120 valence electrons. The number of carbonyl (C=O) groups is 2. The molecule has 1 aromatic rings. The molecule has 0 aliphatic carbocycles. The highest BCUT2D eigenvalue weighted by atomic mass is 32.2. The number of sulfone groups is 1. The molecule has 1 amide bonds. The molecule has 0 radical (unpaired) electrons. The van der Waals surface area contributed by atoms with E-state index in [1.807, 2.05) is 6.92 Å². The summed E-state index contributed by atoms with van der Waals surface area (Å²) in [6, 6.07) is 6.04. The van der Waals surface area contributed by atoms with Crippen molar-refractivity contribution >= 4 is 27.4 Å². The Balaban J connectivity index is 2.62. The van der Waals surface area contributed by atoms with Crippen LogP contribution in [0.25, 0.3) is 0 Å². The lowest BCUT2D eigenvalue weighted by molar-refractivity contribution is -0.113. The monoisotopic (exact) mass is 325 g/mol. The van der Waals surface area contributed by atoms with Gasteiger partial charge in [-0.05, 0) is 30.7 Å². The summed E-state index contributed by atoms with van der Waals surface area (Å²) in [4.78, 5) is 23.2. The molecule has 0 unspecified atom stereocenters. The van der Waals surface area contributed by atoms with Gasteiger partial charge < -0.3 is 10.1 Å². The Morgan fingerprint density at radius 3 is 2.45 bits per heavy atom. The van der Waals surface area contributed by atoms with Crippen molar-refractivity contribution in [3.8, 4) is 0 Å². The molecular formula is C15H19NO5S. The molecule has 6 nitrogen and oxygen atoms in total. The highest BCUT2D eigenvalue weighted by molar-refractivity contribution is 7.92. The lowest BCUT2D eigenvalue weighted by atomic mass is 10.2. The van der Waals surface area contributed by atoms with Gasteiger partial charge in [-0.2, -0.15) is 0 Å². The van der Waals surface area contributed by atoms with Crippen molar-refractivity contribution in [1.29, 1.82) is 0 Å². The van der Waals surface area contributed by atoms with Crippen molar-refractivity contribution in [1.82, 2.24) is 0 Å². The Labute approximate surface area is 130 Å². The van der Waals surface area contributed by atoms with Crippen molar-refractivity contribution in [3.05, 3.63) is 42.5 Å². The van der Waals surface area contributed by atoms with Crippen molar-refractivity contribution < 1.29 is 22.7 Å². The molecule has 7 heteroatoms. The third kappa shape index (κ3) is 6.09. The standard InChI is InChI=1S/C15H19NO5S/c1-3-9-21-15(18)12-5-7-13(8-6-12)16-14(17)11-22(19,20)10-4-2/h4-8H,2-3,9-11H2,1H3,(H,16,17). The molecule has 22 heavy (non-hydrogen) atoms. The molecule has 1 aromatic carbocycles. The molecule has 0 aromatic heterocycles. The Hall–Kier alpha value is -2.15. The van der Waals surface area contributed by atoms with Gasteiger partial charge >= 0.3 is 5.97 Å². The zero-order valence-corrected chi connectivity index (χ0v) is 13.2. The third-order valence-electron chi connectivity index (χ3n) is 2.56. The van der Waals surface area contributed by atoms with Gasteiger partial charge in [0.15, 0.2) is 9.84 Å². The zero-order valence-electron chi connectivity index (χ0n) is 12.4. The fourth-order valence-corrected chi connectivity index (χ4v) is 2.55. The van der Waals surface area contributed by atoms with Crippen molar-refractivity contribution in [3.63, 3.8) is 0 Å². The molecule has 0 fully saturated rings. The number of esters is 1. The van der Waals surface area contributed by atoms with Crippen LogP contribution in [-0.4, -0.2) is 38.4 Å². The van der Waals surface area contributed by atoms with Crippen LogP contribution >= 0.6 is 0 Å². The number of nitrogens with one attached hydrogen (secondary N) is 1. The Bertz CT molecular complexity index is 634. The third-order valence-corrected chi connectivity index (χ3v) is 4.01. The SMILES string of the molecule is C=CCS(=O)(=O)CC(=O)Nc1ccc(C(=O)OCCC)cc1. The van der Waals surface area contributed by atoms with Gasteiger partial charge in [0.05, 0.1) is 17.9 Å². The Morgan fingerprint density at radius 1 is 1.27 bits per heavy atom. The summed E-state index contributed by atoms with van der Waals surface area (Å²) >= 11 is 0. The minimum absolute atomic E-state index is 0.247. The number of amides is 1. The highest BCUT2D eigenvalue weighted by Crippen LogP contribution is 2.11. The number of rotatable bonds is 8. The molecule has 1 N–H and O–H groups in total. The van der Waals surface area contributed by atoms with E-state index in [-0.39, 0.29) is 5.75 Å². The van der Waals surface area contributed by atoms with Crippen molar-refractivity contribution in [2.75, 3.05) is 23.4 Å². The summed E-state index contributed by atoms with van der Waals surface area (Å²) in [7, 11) is -3.49. The molecule has 0 saturated heterocycles. The maximum atomic E-state index is 11.6. The predicted molar refractivity (Wildman–Crippen MR) is 84.5 cm³/mol. The van der Waals surface area contributed by atoms with Crippen LogP contribution in [0.5, 0.6) is 0 Å². The van der Waals surface area contributed by atoms with E-state index in [9.17, 15) is 18.0 Å². The summed E-state index contributed by atoms with van der Waals surface area (Å²) in [5.74, 6) is -1.93. The number of hydrogen-bond acceptors (Lipinski definition) is 5. The average Bonchev–Trinajstić information content (AvgIpc) is 2.44. The van der Waals surface area contributed by atoms with Gasteiger partial charge in [0.1, 0.15) is 5.75 Å². The summed E-state index contributed by atoms with van der Waals surface area (Å²) < 4.78 is 27.9. The van der Waals surface area contributed by atoms with Crippen molar-refractivity contribution in [2.45, 2.75) is 13.3 Å². The molecule has 0 atom stereocenters. The Kier molecular flexibility index (Phi) is 6.78. The van der Waals surface area contributed by atoms with Crippen LogP contribution < -0.4 is 5.32 Å². The lowest BCUT2D eigenvalue weighted by Gasteiger charge is -2.07. The van der Waals surface area contributed by atoms with E-state index in [1.54, 1.807) is 0 Å². The van der Waals surface area contributed by atoms with Crippen LogP contribution in [0.2, 0.25) is 0 Å². The van der Waals surface area contributed by atoms with E-state index < -0.39 is 27.5 Å². The molecular weight excluding hydrogens is 306 g/mol. The molecule has 0 heterocycles. The predicted octanol–water partition coefficient (Wildman–Crippen LogP) is 1.79. The highest BCUT2D eigenvalue weighted by Gasteiger charge is 2.15. The van der Waals surface area contributed by atoms with Crippen LogP contribution in [0.15, 0.2) is 36.9 Å². The Morgan fingerprint density at radius 2 is 1.91 bits per heavy atom. The average molecular weight is 325 g/mol. The van der Waals surface area contributed by atoms with Gasteiger partial charge in [-0.1, -0.05) is 13.0 Å². The number of carbonyl (C=O) groups excluding carboxylic acids is 2. The fraction of sp³-hybridized carbons (Fsp3) is 0.333. The first-order chi connectivity index (χ1) is 10.4. The minimum Gasteiger partial charge on any atom is -0.462 e. The second-order valence-corrected chi connectivity index (χ2v) is 6.71. The van der Waals surface area contributed by atoms with Gasteiger partial charge in [-0.3, -0.25) is 4.79 Å². The maximum absolute atomic E-state index is 11.6. The molecule has 1 rings (SSSR count). The van der Waals surface area contributed by atoms with Crippen LogP contribution in [0, 0.1) is 0 Å². The van der Waals surface area contributed by atoms with Gasteiger partial charge in [0.25, 0.3) is 0 Å².